The predicted molar refractivity (Wildman–Crippen MR) is 114 cm³/mol. The summed E-state index contributed by atoms with van der Waals surface area (Å²) >= 11 is 6.09. The molecule has 1 aliphatic carbocycles. The number of para-hydroxylation sites is 1. The van der Waals surface area contributed by atoms with E-state index < -0.39 is 0 Å². The molecule has 3 aromatic carbocycles. The van der Waals surface area contributed by atoms with Crippen LogP contribution in [-0.2, 0) is 6.42 Å². The van der Waals surface area contributed by atoms with Crippen LogP contribution in [0.3, 0.4) is 0 Å². The minimum absolute atomic E-state index is 0.275. The fraction of sp³-hybridized carbons (Fsp3) is 0.0833. The topological polar surface area (TPSA) is 37.8 Å². The van der Waals surface area contributed by atoms with E-state index in [1.807, 2.05) is 48.7 Å². The largest absolute Gasteiger partial charge is 0.324 e. The molecular formula is C24H18ClN3. The Morgan fingerprint density at radius 1 is 0.857 bits per heavy atom. The molecule has 136 valence electrons. The number of benzene rings is 3. The van der Waals surface area contributed by atoms with Crippen LogP contribution in [0.5, 0.6) is 0 Å². The molecular weight excluding hydrogens is 366 g/mol. The van der Waals surface area contributed by atoms with E-state index in [0.29, 0.717) is 5.95 Å². The van der Waals surface area contributed by atoms with Gasteiger partial charge in [0.05, 0.1) is 5.69 Å². The lowest BCUT2D eigenvalue weighted by atomic mass is 9.78. The van der Waals surface area contributed by atoms with Gasteiger partial charge in [0.1, 0.15) is 0 Å². The average Bonchev–Trinajstić information content (AvgIpc) is 2.75. The Morgan fingerprint density at radius 2 is 1.61 bits per heavy atom. The van der Waals surface area contributed by atoms with Gasteiger partial charge >= 0.3 is 0 Å². The Bertz CT molecular complexity index is 1120. The predicted octanol–water partition coefficient (Wildman–Crippen LogP) is 6.23. The van der Waals surface area contributed by atoms with Gasteiger partial charge in [-0.1, -0.05) is 66.2 Å². The molecule has 0 radical (unpaired) electrons. The number of hydrogen-bond acceptors (Lipinski definition) is 3. The van der Waals surface area contributed by atoms with Gasteiger partial charge in [-0.15, -0.1) is 0 Å². The van der Waals surface area contributed by atoms with Crippen LogP contribution in [0.4, 0.5) is 11.6 Å². The molecule has 0 aliphatic heterocycles. The minimum atomic E-state index is 0.275. The van der Waals surface area contributed by atoms with Crippen LogP contribution in [0.1, 0.15) is 22.6 Å². The highest BCUT2D eigenvalue weighted by molar-refractivity contribution is 6.30. The maximum atomic E-state index is 6.09. The Morgan fingerprint density at radius 3 is 2.43 bits per heavy atom. The van der Waals surface area contributed by atoms with Crippen LogP contribution < -0.4 is 5.32 Å². The SMILES string of the molecule is Clc1ccc(C2Cc3cnc(Nc4ccccc4)nc3-c3ccccc32)cc1. The fourth-order valence-corrected chi connectivity index (χ4v) is 3.97. The molecule has 1 unspecified atom stereocenters. The zero-order chi connectivity index (χ0) is 18.9. The third-order valence-electron chi connectivity index (χ3n) is 5.18. The zero-order valence-electron chi connectivity index (χ0n) is 15.1. The van der Waals surface area contributed by atoms with Crippen molar-refractivity contribution in [2.75, 3.05) is 5.32 Å². The van der Waals surface area contributed by atoms with E-state index in [0.717, 1.165) is 28.4 Å². The smallest absolute Gasteiger partial charge is 0.227 e. The van der Waals surface area contributed by atoms with E-state index in [-0.39, 0.29) is 5.92 Å². The number of hydrogen-bond donors (Lipinski definition) is 1. The van der Waals surface area contributed by atoms with Crippen molar-refractivity contribution in [1.29, 1.82) is 0 Å². The quantitative estimate of drug-likeness (QED) is 0.455. The number of nitrogens with zero attached hydrogens (tertiary/aromatic N) is 2. The second-order valence-electron chi connectivity index (χ2n) is 6.95. The highest BCUT2D eigenvalue weighted by Crippen LogP contribution is 2.42. The van der Waals surface area contributed by atoms with Crippen molar-refractivity contribution in [2.24, 2.45) is 0 Å². The van der Waals surface area contributed by atoms with Crippen LogP contribution in [0.2, 0.25) is 5.02 Å². The molecule has 0 saturated carbocycles. The molecule has 0 bridgehead atoms. The Hall–Kier alpha value is -3.17. The first-order valence-corrected chi connectivity index (χ1v) is 9.68. The van der Waals surface area contributed by atoms with Crippen molar-refractivity contribution in [2.45, 2.75) is 12.3 Å². The van der Waals surface area contributed by atoms with Crippen molar-refractivity contribution in [3.8, 4) is 11.3 Å². The number of halogens is 1. The van der Waals surface area contributed by atoms with Crippen LogP contribution in [-0.4, -0.2) is 9.97 Å². The molecule has 1 aliphatic rings. The Kier molecular flexibility index (Phi) is 4.30. The maximum absolute atomic E-state index is 6.09. The summed E-state index contributed by atoms with van der Waals surface area (Å²) in [4.78, 5) is 9.41. The van der Waals surface area contributed by atoms with Gasteiger partial charge in [0.15, 0.2) is 0 Å². The number of nitrogens with one attached hydrogen (secondary N) is 1. The lowest BCUT2D eigenvalue weighted by Crippen LogP contribution is -2.15. The number of fused-ring (bicyclic) bond motifs is 3. The summed E-state index contributed by atoms with van der Waals surface area (Å²) in [5, 5.41) is 4.05. The maximum Gasteiger partial charge on any atom is 0.227 e. The van der Waals surface area contributed by atoms with E-state index in [4.69, 9.17) is 16.6 Å². The van der Waals surface area contributed by atoms with E-state index in [1.165, 1.54) is 16.7 Å². The van der Waals surface area contributed by atoms with Crippen LogP contribution in [0.15, 0.2) is 85.1 Å². The van der Waals surface area contributed by atoms with Crippen LogP contribution in [0, 0.1) is 0 Å². The molecule has 4 heteroatoms. The van der Waals surface area contributed by atoms with E-state index in [9.17, 15) is 0 Å². The summed E-state index contributed by atoms with van der Waals surface area (Å²) in [7, 11) is 0. The van der Waals surface area contributed by atoms with Gasteiger partial charge in [0.2, 0.25) is 5.95 Å². The van der Waals surface area contributed by atoms with Gasteiger partial charge in [0, 0.05) is 28.4 Å². The summed E-state index contributed by atoms with van der Waals surface area (Å²) in [6.07, 6.45) is 2.83. The molecule has 3 nitrogen and oxygen atoms in total. The highest BCUT2D eigenvalue weighted by Gasteiger charge is 2.27. The van der Waals surface area contributed by atoms with Gasteiger partial charge in [0.25, 0.3) is 0 Å². The van der Waals surface area contributed by atoms with Gasteiger partial charge < -0.3 is 5.32 Å². The fourth-order valence-electron chi connectivity index (χ4n) is 3.84. The average molecular weight is 384 g/mol. The van der Waals surface area contributed by atoms with Crippen molar-refractivity contribution < 1.29 is 0 Å². The van der Waals surface area contributed by atoms with E-state index >= 15 is 0 Å². The third-order valence-corrected chi connectivity index (χ3v) is 5.43. The molecule has 0 saturated heterocycles. The molecule has 1 aromatic heterocycles. The summed E-state index contributed by atoms with van der Waals surface area (Å²) < 4.78 is 0. The molecule has 1 N–H and O–H groups in total. The monoisotopic (exact) mass is 383 g/mol. The standard InChI is InChI=1S/C24H18ClN3/c25-18-12-10-16(11-13-18)22-14-17-15-26-24(27-19-6-2-1-3-7-19)28-23(17)21-9-5-4-8-20(21)22/h1-13,15,22H,14H2,(H,26,27,28). The molecule has 0 amide bonds. The number of rotatable bonds is 3. The summed E-state index contributed by atoms with van der Waals surface area (Å²) in [6, 6.07) is 26.6. The molecule has 0 fully saturated rings. The Balaban J connectivity index is 1.56. The molecule has 1 heterocycles. The summed E-state index contributed by atoms with van der Waals surface area (Å²) in [5.41, 5.74) is 6.87. The van der Waals surface area contributed by atoms with Gasteiger partial charge in [-0.25, -0.2) is 9.97 Å². The second-order valence-corrected chi connectivity index (χ2v) is 7.39. The van der Waals surface area contributed by atoms with E-state index in [2.05, 4.69) is 46.7 Å². The van der Waals surface area contributed by atoms with Crippen molar-refractivity contribution in [1.82, 2.24) is 9.97 Å². The molecule has 5 rings (SSSR count). The Labute approximate surface area is 169 Å². The van der Waals surface area contributed by atoms with Gasteiger partial charge in [-0.2, -0.15) is 0 Å². The zero-order valence-corrected chi connectivity index (χ0v) is 15.9. The number of anilines is 2. The minimum Gasteiger partial charge on any atom is -0.324 e. The van der Waals surface area contributed by atoms with Crippen LogP contribution in [0.25, 0.3) is 11.3 Å². The summed E-state index contributed by atoms with van der Waals surface area (Å²) in [5.74, 6) is 0.891. The lowest BCUT2D eigenvalue weighted by Gasteiger charge is -2.27. The highest BCUT2D eigenvalue weighted by atomic mass is 35.5. The normalized spacial score (nSPS) is 14.8. The number of aromatic nitrogens is 2. The summed E-state index contributed by atoms with van der Waals surface area (Å²) in [6.45, 7) is 0. The molecule has 0 spiro atoms. The van der Waals surface area contributed by atoms with E-state index in [1.54, 1.807) is 0 Å². The molecule has 1 atom stereocenters. The second kappa shape index (κ2) is 7.10. The van der Waals surface area contributed by atoms with Crippen molar-refractivity contribution in [3.05, 3.63) is 107 Å². The first-order valence-electron chi connectivity index (χ1n) is 9.31. The first kappa shape index (κ1) is 17.0. The molecule has 4 aromatic rings. The van der Waals surface area contributed by atoms with Gasteiger partial charge in [-0.3, -0.25) is 0 Å². The van der Waals surface area contributed by atoms with Crippen molar-refractivity contribution >= 4 is 23.2 Å². The third kappa shape index (κ3) is 3.14. The van der Waals surface area contributed by atoms with Crippen LogP contribution >= 0.6 is 11.6 Å². The van der Waals surface area contributed by atoms with Crippen molar-refractivity contribution in [3.63, 3.8) is 0 Å². The first-order chi connectivity index (χ1) is 13.8. The molecule has 28 heavy (non-hydrogen) atoms. The lowest BCUT2D eigenvalue weighted by molar-refractivity contribution is 0.782. The van der Waals surface area contributed by atoms with Gasteiger partial charge in [-0.05, 0) is 47.4 Å².